The van der Waals surface area contributed by atoms with Crippen LogP contribution in [-0.2, 0) is 6.54 Å². The maximum absolute atomic E-state index is 5.89. The molecule has 1 fully saturated rings. The van der Waals surface area contributed by atoms with Crippen LogP contribution in [-0.4, -0.2) is 19.8 Å². The highest BCUT2D eigenvalue weighted by molar-refractivity contribution is 9.10. The van der Waals surface area contributed by atoms with Crippen molar-refractivity contribution < 1.29 is 9.47 Å². The molecule has 0 bridgehead atoms. The van der Waals surface area contributed by atoms with E-state index in [1.165, 1.54) is 25.7 Å². The van der Waals surface area contributed by atoms with Crippen molar-refractivity contribution >= 4 is 15.9 Å². The molecule has 1 N–H and O–H groups in total. The summed E-state index contributed by atoms with van der Waals surface area (Å²) in [5.74, 6) is 1.68. The Labute approximate surface area is 130 Å². The lowest BCUT2D eigenvalue weighted by molar-refractivity contribution is 0.289. The number of rotatable bonds is 7. The van der Waals surface area contributed by atoms with Gasteiger partial charge in [0.25, 0.3) is 0 Å². The van der Waals surface area contributed by atoms with E-state index < -0.39 is 0 Å². The molecule has 0 saturated heterocycles. The van der Waals surface area contributed by atoms with E-state index >= 15 is 0 Å². The molecular weight excluding hydrogens is 318 g/mol. The fourth-order valence-corrected chi connectivity index (χ4v) is 3.14. The highest BCUT2D eigenvalue weighted by Gasteiger charge is 2.17. The van der Waals surface area contributed by atoms with Gasteiger partial charge < -0.3 is 14.8 Å². The molecule has 1 aromatic rings. The van der Waals surface area contributed by atoms with Crippen molar-refractivity contribution in [2.24, 2.45) is 0 Å². The summed E-state index contributed by atoms with van der Waals surface area (Å²) in [6.07, 6.45) is 6.26. The average Bonchev–Trinajstić information content (AvgIpc) is 2.96. The van der Waals surface area contributed by atoms with Crippen molar-refractivity contribution in [3.8, 4) is 11.5 Å². The van der Waals surface area contributed by atoms with Gasteiger partial charge in [-0.25, -0.2) is 0 Å². The largest absolute Gasteiger partial charge is 0.493 e. The molecule has 4 heteroatoms. The molecule has 0 unspecified atom stereocenters. The lowest BCUT2D eigenvalue weighted by atomic mass is 10.1. The fraction of sp³-hybridized carbons (Fsp3) is 0.625. The molecule has 20 heavy (non-hydrogen) atoms. The van der Waals surface area contributed by atoms with Crippen molar-refractivity contribution in [3.05, 3.63) is 22.2 Å². The van der Waals surface area contributed by atoms with E-state index in [0.29, 0.717) is 12.6 Å². The lowest BCUT2D eigenvalue weighted by Crippen LogP contribution is -2.25. The molecule has 0 heterocycles. The topological polar surface area (TPSA) is 30.5 Å². The van der Waals surface area contributed by atoms with Gasteiger partial charge in [-0.2, -0.15) is 0 Å². The summed E-state index contributed by atoms with van der Waals surface area (Å²) in [4.78, 5) is 0. The van der Waals surface area contributed by atoms with E-state index in [9.17, 15) is 0 Å². The van der Waals surface area contributed by atoms with Crippen LogP contribution in [0.2, 0.25) is 0 Å². The van der Waals surface area contributed by atoms with Crippen LogP contribution in [0.1, 0.15) is 44.6 Å². The van der Waals surface area contributed by atoms with Gasteiger partial charge in [-0.15, -0.1) is 0 Å². The molecule has 0 aliphatic heterocycles. The molecule has 0 atom stereocenters. The van der Waals surface area contributed by atoms with Crippen LogP contribution in [0.15, 0.2) is 16.6 Å². The second-order valence-corrected chi connectivity index (χ2v) is 6.22. The van der Waals surface area contributed by atoms with E-state index in [-0.39, 0.29) is 0 Å². The summed E-state index contributed by atoms with van der Waals surface area (Å²) in [6, 6.07) is 4.73. The SMILES string of the molecule is CCCOc1c(CNC2CCCC2)cc(Br)cc1OC. The number of hydrogen-bond acceptors (Lipinski definition) is 3. The van der Waals surface area contributed by atoms with Crippen LogP contribution in [0.3, 0.4) is 0 Å². The van der Waals surface area contributed by atoms with Crippen molar-refractivity contribution in [1.82, 2.24) is 5.32 Å². The maximum atomic E-state index is 5.89. The fourth-order valence-electron chi connectivity index (χ4n) is 2.66. The zero-order valence-corrected chi connectivity index (χ0v) is 14.0. The Balaban J connectivity index is 2.12. The van der Waals surface area contributed by atoms with E-state index in [4.69, 9.17) is 9.47 Å². The molecule has 3 nitrogen and oxygen atoms in total. The Morgan fingerprint density at radius 3 is 2.70 bits per heavy atom. The molecule has 0 aromatic heterocycles. The Bertz CT molecular complexity index is 431. The third-order valence-corrected chi connectivity index (χ3v) is 4.16. The first kappa shape index (κ1) is 15.6. The predicted molar refractivity (Wildman–Crippen MR) is 85.6 cm³/mol. The second kappa shape index (κ2) is 7.89. The van der Waals surface area contributed by atoms with Gasteiger partial charge in [-0.05, 0) is 31.4 Å². The third kappa shape index (κ3) is 4.13. The molecule has 2 rings (SSSR count). The molecule has 0 spiro atoms. The zero-order valence-electron chi connectivity index (χ0n) is 12.4. The number of hydrogen-bond donors (Lipinski definition) is 1. The van der Waals surface area contributed by atoms with E-state index in [1.807, 2.05) is 6.07 Å². The Morgan fingerprint density at radius 1 is 1.30 bits per heavy atom. The molecule has 0 amide bonds. The number of ether oxygens (including phenoxy) is 2. The summed E-state index contributed by atoms with van der Waals surface area (Å²) in [5, 5.41) is 3.64. The monoisotopic (exact) mass is 341 g/mol. The van der Waals surface area contributed by atoms with Gasteiger partial charge in [0.1, 0.15) is 0 Å². The first-order valence-corrected chi connectivity index (χ1v) is 8.26. The van der Waals surface area contributed by atoms with Crippen LogP contribution >= 0.6 is 15.9 Å². The molecule has 1 aliphatic rings. The van der Waals surface area contributed by atoms with Crippen LogP contribution < -0.4 is 14.8 Å². The lowest BCUT2D eigenvalue weighted by Gasteiger charge is -2.18. The summed E-state index contributed by atoms with van der Waals surface area (Å²) in [7, 11) is 1.69. The van der Waals surface area contributed by atoms with Crippen LogP contribution in [0, 0.1) is 0 Å². The minimum absolute atomic E-state index is 0.652. The minimum atomic E-state index is 0.652. The van der Waals surface area contributed by atoms with E-state index in [0.717, 1.165) is 34.5 Å². The van der Waals surface area contributed by atoms with Gasteiger partial charge >= 0.3 is 0 Å². The summed E-state index contributed by atoms with van der Waals surface area (Å²) in [5.41, 5.74) is 1.16. The number of halogens is 1. The number of nitrogens with one attached hydrogen (secondary N) is 1. The molecular formula is C16H24BrNO2. The Kier molecular flexibility index (Phi) is 6.17. The second-order valence-electron chi connectivity index (χ2n) is 5.31. The van der Waals surface area contributed by atoms with Crippen LogP contribution in [0.5, 0.6) is 11.5 Å². The highest BCUT2D eigenvalue weighted by atomic mass is 79.9. The molecule has 112 valence electrons. The summed E-state index contributed by atoms with van der Waals surface area (Å²) >= 11 is 3.55. The third-order valence-electron chi connectivity index (χ3n) is 3.70. The van der Waals surface area contributed by atoms with Gasteiger partial charge in [0.2, 0.25) is 0 Å². The average molecular weight is 342 g/mol. The highest BCUT2D eigenvalue weighted by Crippen LogP contribution is 2.35. The van der Waals surface area contributed by atoms with Gasteiger partial charge in [-0.3, -0.25) is 0 Å². The maximum Gasteiger partial charge on any atom is 0.165 e. The van der Waals surface area contributed by atoms with Crippen LogP contribution in [0.4, 0.5) is 0 Å². The first-order chi connectivity index (χ1) is 9.74. The standard InChI is InChI=1S/C16H24BrNO2/c1-3-8-20-16-12(9-13(17)10-15(16)19-2)11-18-14-6-4-5-7-14/h9-10,14,18H,3-8,11H2,1-2H3. The van der Waals surface area contributed by atoms with E-state index in [1.54, 1.807) is 7.11 Å². The molecule has 1 saturated carbocycles. The van der Waals surface area contributed by atoms with Gasteiger partial charge in [0.05, 0.1) is 13.7 Å². The van der Waals surface area contributed by atoms with Crippen molar-refractivity contribution in [2.75, 3.05) is 13.7 Å². The van der Waals surface area contributed by atoms with Crippen molar-refractivity contribution in [1.29, 1.82) is 0 Å². The molecule has 1 aromatic carbocycles. The van der Waals surface area contributed by atoms with E-state index in [2.05, 4.69) is 34.2 Å². The Hall–Kier alpha value is -0.740. The van der Waals surface area contributed by atoms with Gasteiger partial charge in [0.15, 0.2) is 11.5 Å². The molecule has 1 aliphatic carbocycles. The quantitative estimate of drug-likeness (QED) is 0.802. The van der Waals surface area contributed by atoms with Gasteiger partial charge in [-0.1, -0.05) is 35.7 Å². The molecule has 0 radical (unpaired) electrons. The van der Waals surface area contributed by atoms with Gasteiger partial charge in [0, 0.05) is 22.6 Å². The summed E-state index contributed by atoms with van der Waals surface area (Å²) in [6.45, 7) is 3.66. The number of methoxy groups -OCH3 is 1. The van der Waals surface area contributed by atoms with Crippen molar-refractivity contribution in [3.63, 3.8) is 0 Å². The predicted octanol–water partition coefficient (Wildman–Crippen LogP) is 4.28. The van der Waals surface area contributed by atoms with Crippen LogP contribution in [0.25, 0.3) is 0 Å². The summed E-state index contributed by atoms with van der Waals surface area (Å²) < 4.78 is 12.4. The smallest absolute Gasteiger partial charge is 0.165 e. The first-order valence-electron chi connectivity index (χ1n) is 7.47. The number of benzene rings is 1. The van der Waals surface area contributed by atoms with Crippen molar-refractivity contribution in [2.45, 2.75) is 51.6 Å². The normalized spacial score (nSPS) is 15.6. The zero-order chi connectivity index (χ0) is 14.4. The minimum Gasteiger partial charge on any atom is -0.493 e. The Morgan fingerprint density at radius 2 is 2.05 bits per heavy atom.